The quantitative estimate of drug-likeness (QED) is 0.405. The fourth-order valence-corrected chi connectivity index (χ4v) is 5.05. The predicted octanol–water partition coefficient (Wildman–Crippen LogP) is 4.18. The van der Waals surface area contributed by atoms with Crippen LogP contribution in [0.3, 0.4) is 0 Å². The van der Waals surface area contributed by atoms with Gasteiger partial charge in [0.25, 0.3) is 0 Å². The van der Waals surface area contributed by atoms with Crippen LogP contribution in [0.15, 0.2) is 65.5 Å². The highest BCUT2D eigenvalue weighted by Gasteiger charge is 2.25. The van der Waals surface area contributed by atoms with Gasteiger partial charge in [-0.3, -0.25) is 4.57 Å². The molecule has 1 N–H and O–H groups in total. The maximum atomic E-state index is 13.9. The number of sulfone groups is 1. The minimum Gasteiger partial charge on any atom is -0.493 e. The maximum absolute atomic E-state index is 13.9. The summed E-state index contributed by atoms with van der Waals surface area (Å²) >= 11 is 0. The van der Waals surface area contributed by atoms with Crippen LogP contribution in [0.5, 0.6) is 11.5 Å². The Labute approximate surface area is 196 Å². The summed E-state index contributed by atoms with van der Waals surface area (Å²) in [5.41, 5.74) is 2.34. The summed E-state index contributed by atoms with van der Waals surface area (Å²) in [6, 6.07) is 15.6. The van der Waals surface area contributed by atoms with E-state index in [0.29, 0.717) is 45.8 Å². The average molecular weight is 485 g/mol. The largest absolute Gasteiger partial charge is 0.493 e. The number of H-pyrrole nitrogens is 1. The van der Waals surface area contributed by atoms with Gasteiger partial charge in [0.15, 0.2) is 11.5 Å². The molecule has 0 saturated heterocycles. The van der Waals surface area contributed by atoms with Crippen LogP contribution in [-0.4, -0.2) is 43.7 Å². The lowest BCUT2D eigenvalue weighted by molar-refractivity contribution is 0.310. The van der Waals surface area contributed by atoms with Crippen LogP contribution in [0.2, 0.25) is 0 Å². The fraction of sp³-hybridized carbons (Fsp3) is 0.240. The summed E-state index contributed by atoms with van der Waals surface area (Å²) in [4.78, 5) is 16.1. The lowest BCUT2D eigenvalue weighted by Crippen LogP contribution is -2.28. The van der Waals surface area contributed by atoms with E-state index in [-0.39, 0.29) is 5.75 Å². The molecule has 0 spiro atoms. The molecule has 0 aliphatic heterocycles. The van der Waals surface area contributed by atoms with Gasteiger partial charge in [0.2, 0.25) is 0 Å². The molecule has 0 radical (unpaired) electrons. The number of hydrogen-bond acceptors (Lipinski definition) is 5. The standard InChI is InChI=1S/C25H25FN2O5S/c1-4-33-23-14-17(11-12-22(23)32-2)21(15-34(3,30)31)28-20-10-6-9-19(24(20)27-25(28)29)16-7-5-8-18(26)13-16/h5-14,21H,4,15H2,1-3H3,(H,27,29)/t21-/m0/s1. The van der Waals surface area contributed by atoms with Gasteiger partial charge in [0.1, 0.15) is 15.7 Å². The molecule has 7 nitrogen and oxygen atoms in total. The summed E-state index contributed by atoms with van der Waals surface area (Å²) in [7, 11) is -1.97. The number of methoxy groups -OCH3 is 1. The topological polar surface area (TPSA) is 90.4 Å². The molecule has 0 fully saturated rings. The van der Waals surface area contributed by atoms with E-state index < -0.39 is 27.4 Å². The zero-order valence-electron chi connectivity index (χ0n) is 19.0. The average Bonchev–Trinajstić information content (AvgIpc) is 3.12. The Kier molecular flexibility index (Phi) is 6.47. The van der Waals surface area contributed by atoms with Crippen LogP contribution >= 0.6 is 0 Å². The number of nitrogens with zero attached hydrogens (tertiary/aromatic N) is 1. The van der Waals surface area contributed by atoms with Crippen molar-refractivity contribution in [3.63, 3.8) is 0 Å². The molecule has 0 aliphatic carbocycles. The van der Waals surface area contributed by atoms with Crippen LogP contribution in [0.25, 0.3) is 22.2 Å². The third-order valence-corrected chi connectivity index (χ3v) is 6.45. The van der Waals surface area contributed by atoms with Crippen LogP contribution in [0.4, 0.5) is 4.39 Å². The number of ether oxygens (including phenoxy) is 2. The van der Waals surface area contributed by atoms with Crippen LogP contribution in [0.1, 0.15) is 18.5 Å². The number of hydrogen-bond donors (Lipinski definition) is 1. The van der Waals surface area contributed by atoms with Crippen molar-refractivity contribution in [3.8, 4) is 22.6 Å². The van der Waals surface area contributed by atoms with Crippen molar-refractivity contribution in [2.75, 3.05) is 25.7 Å². The first-order valence-corrected chi connectivity index (χ1v) is 12.8. The second-order valence-corrected chi connectivity index (χ2v) is 10.1. The molecule has 3 aromatic carbocycles. The molecule has 178 valence electrons. The number of benzene rings is 3. The molecule has 1 heterocycles. The molecular weight excluding hydrogens is 459 g/mol. The summed E-state index contributed by atoms with van der Waals surface area (Å²) in [6.07, 6.45) is 1.13. The molecule has 0 unspecified atom stereocenters. The smallest absolute Gasteiger partial charge is 0.327 e. The Morgan fingerprint density at radius 1 is 1.06 bits per heavy atom. The zero-order valence-corrected chi connectivity index (χ0v) is 19.9. The molecule has 0 saturated carbocycles. The third kappa shape index (κ3) is 4.70. The number of aromatic nitrogens is 2. The second kappa shape index (κ2) is 9.34. The molecule has 1 aromatic heterocycles. The van der Waals surface area contributed by atoms with Gasteiger partial charge in [-0.2, -0.15) is 0 Å². The van der Waals surface area contributed by atoms with E-state index in [4.69, 9.17) is 9.47 Å². The van der Waals surface area contributed by atoms with Gasteiger partial charge >= 0.3 is 5.69 Å². The number of para-hydroxylation sites is 1. The second-order valence-electron chi connectivity index (χ2n) is 7.96. The molecule has 1 atom stereocenters. The highest BCUT2D eigenvalue weighted by Crippen LogP contribution is 2.34. The molecule has 9 heteroatoms. The van der Waals surface area contributed by atoms with Crippen molar-refractivity contribution in [3.05, 3.63) is 82.5 Å². The van der Waals surface area contributed by atoms with E-state index in [0.717, 1.165) is 6.26 Å². The van der Waals surface area contributed by atoms with E-state index >= 15 is 0 Å². The van der Waals surface area contributed by atoms with E-state index in [2.05, 4.69) is 4.98 Å². The molecule has 34 heavy (non-hydrogen) atoms. The van der Waals surface area contributed by atoms with Gasteiger partial charge in [-0.15, -0.1) is 0 Å². The van der Waals surface area contributed by atoms with Crippen LogP contribution in [0, 0.1) is 5.82 Å². The van der Waals surface area contributed by atoms with Gasteiger partial charge in [-0.05, 0) is 48.4 Å². The van der Waals surface area contributed by atoms with Gasteiger partial charge in [0, 0.05) is 11.8 Å². The number of halogens is 1. The molecule has 0 aliphatic rings. The molecule has 0 bridgehead atoms. The molecule has 4 aromatic rings. The van der Waals surface area contributed by atoms with Gasteiger partial charge in [-0.25, -0.2) is 17.6 Å². The highest BCUT2D eigenvalue weighted by molar-refractivity contribution is 7.90. The van der Waals surface area contributed by atoms with Crippen molar-refractivity contribution in [1.29, 1.82) is 0 Å². The van der Waals surface area contributed by atoms with Crippen molar-refractivity contribution in [2.45, 2.75) is 13.0 Å². The van der Waals surface area contributed by atoms with E-state index in [1.807, 2.05) is 6.92 Å². The van der Waals surface area contributed by atoms with E-state index in [1.54, 1.807) is 48.5 Å². The first-order valence-electron chi connectivity index (χ1n) is 10.7. The number of imidazole rings is 1. The lowest BCUT2D eigenvalue weighted by atomic mass is 10.0. The van der Waals surface area contributed by atoms with Crippen LogP contribution in [-0.2, 0) is 9.84 Å². The Bertz CT molecular complexity index is 1510. The monoisotopic (exact) mass is 484 g/mol. The van der Waals surface area contributed by atoms with E-state index in [1.165, 1.54) is 23.8 Å². The number of fused-ring (bicyclic) bond motifs is 1. The number of rotatable bonds is 8. The number of nitrogens with one attached hydrogen (secondary N) is 1. The predicted molar refractivity (Wildman–Crippen MR) is 130 cm³/mol. The first kappa shape index (κ1) is 23.6. The first-order chi connectivity index (χ1) is 16.2. The van der Waals surface area contributed by atoms with E-state index in [9.17, 15) is 17.6 Å². The lowest BCUT2D eigenvalue weighted by Gasteiger charge is -2.20. The maximum Gasteiger partial charge on any atom is 0.327 e. The minimum absolute atomic E-state index is 0.304. The van der Waals surface area contributed by atoms with Gasteiger partial charge < -0.3 is 14.5 Å². The fourth-order valence-electron chi connectivity index (χ4n) is 4.13. The zero-order chi connectivity index (χ0) is 24.5. The highest BCUT2D eigenvalue weighted by atomic mass is 32.2. The van der Waals surface area contributed by atoms with Gasteiger partial charge in [-0.1, -0.05) is 30.3 Å². The summed E-state index contributed by atoms with van der Waals surface area (Å²) in [5.74, 6) is 0.257. The summed E-state index contributed by atoms with van der Waals surface area (Å²) in [6.45, 7) is 2.22. The van der Waals surface area contributed by atoms with Gasteiger partial charge in [0.05, 0.1) is 36.5 Å². The van der Waals surface area contributed by atoms with Crippen molar-refractivity contribution >= 4 is 20.9 Å². The molecule has 0 amide bonds. The Hall–Kier alpha value is -3.59. The summed E-state index contributed by atoms with van der Waals surface area (Å²) in [5, 5.41) is 0. The SMILES string of the molecule is CCOc1cc([C@H](CS(C)(=O)=O)n2c(=O)[nH]c3c(-c4cccc(F)c4)cccc32)ccc1OC. The Morgan fingerprint density at radius 2 is 1.82 bits per heavy atom. The Balaban J connectivity index is 1.95. The number of aromatic amines is 1. The minimum atomic E-state index is -3.49. The van der Waals surface area contributed by atoms with Crippen molar-refractivity contribution < 1.29 is 22.3 Å². The molecule has 4 rings (SSSR count). The third-order valence-electron chi connectivity index (χ3n) is 5.53. The van der Waals surface area contributed by atoms with Crippen molar-refractivity contribution in [1.82, 2.24) is 9.55 Å². The summed E-state index contributed by atoms with van der Waals surface area (Å²) < 4.78 is 51.1. The Morgan fingerprint density at radius 3 is 2.50 bits per heavy atom. The normalized spacial score (nSPS) is 12.6. The van der Waals surface area contributed by atoms with Crippen LogP contribution < -0.4 is 15.2 Å². The van der Waals surface area contributed by atoms with Crippen molar-refractivity contribution in [2.24, 2.45) is 0 Å². The molecular formula is C25H25FN2O5S.